The van der Waals surface area contributed by atoms with E-state index in [1.54, 1.807) is 0 Å². The Kier molecular flexibility index (Phi) is 9.94. The topological polar surface area (TPSA) is 0 Å². The molecule has 0 nitrogen and oxygen atoms in total. The van der Waals surface area contributed by atoms with E-state index in [0.29, 0.717) is 0 Å². The SMILES string of the molecule is [Sr+2].[c-]1ccccc1.[c-]1ccccc1. The summed E-state index contributed by atoms with van der Waals surface area (Å²) in [6.45, 7) is 0. The van der Waals surface area contributed by atoms with E-state index >= 15 is 0 Å². The van der Waals surface area contributed by atoms with Gasteiger partial charge in [-0.3, -0.25) is 0 Å². The zero-order chi connectivity index (χ0) is 8.49. The van der Waals surface area contributed by atoms with Crippen molar-refractivity contribution in [3.05, 3.63) is 72.8 Å². The molecule has 0 bridgehead atoms. The minimum atomic E-state index is 0. The molecule has 2 aromatic carbocycles. The Morgan fingerprint density at radius 2 is 0.769 bits per heavy atom. The summed E-state index contributed by atoms with van der Waals surface area (Å²) in [5.74, 6) is 0. The van der Waals surface area contributed by atoms with Crippen molar-refractivity contribution in [3.63, 3.8) is 0 Å². The Bertz CT molecular complexity index is 181. The third kappa shape index (κ3) is 8.26. The summed E-state index contributed by atoms with van der Waals surface area (Å²) in [7, 11) is 0. The summed E-state index contributed by atoms with van der Waals surface area (Å²) in [6, 6.07) is 25.0. The van der Waals surface area contributed by atoms with E-state index in [1.807, 2.05) is 60.7 Å². The monoisotopic (exact) mass is 242 g/mol. The Labute approximate surface area is 117 Å². The molecule has 0 atom stereocenters. The third-order valence-electron chi connectivity index (χ3n) is 1.21. The van der Waals surface area contributed by atoms with Gasteiger partial charge in [-0.25, -0.2) is 0 Å². The average Bonchev–Trinajstić information content (AvgIpc) is 2.24. The molecule has 1 heteroatoms. The molecule has 60 valence electrons. The van der Waals surface area contributed by atoms with Crippen LogP contribution in [0.4, 0.5) is 0 Å². The van der Waals surface area contributed by atoms with Gasteiger partial charge in [0.15, 0.2) is 0 Å². The summed E-state index contributed by atoms with van der Waals surface area (Å²) < 4.78 is 0. The maximum Gasteiger partial charge on any atom is 2.00 e. The van der Waals surface area contributed by atoms with Gasteiger partial charge in [-0.15, -0.1) is 0 Å². The van der Waals surface area contributed by atoms with E-state index in [1.165, 1.54) is 0 Å². The molecule has 0 aliphatic heterocycles. The van der Waals surface area contributed by atoms with Crippen molar-refractivity contribution in [2.45, 2.75) is 0 Å². The minimum Gasteiger partial charge on any atom is -0.184 e. The van der Waals surface area contributed by atoms with Crippen LogP contribution in [0.15, 0.2) is 60.7 Å². The van der Waals surface area contributed by atoms with Crippen LogP contribution in [0.1, 0.15) is 0 Å². The van der Waals surface area contributed by atoms with E-state index in [-0.39, 0.29) is 45.5 Å². The predicted molar refractivity (Wildman–Crippen MR) is 56.3 cm³/mol. The quantitative estimate of drug-likeness (QED) is 0.491. The van der Waals surface area contributed by atoms with Gasteiger partial charge in [0.1, 0.15) is 0 Å². The summed E-state index contributed by atoms with van der Waals surface area (Å²) in [6.07, 6.45) is 0. The number of hydrogen-bond acceptors (Lipinski definition) is 0. The Morgan fingerprint density at radius 1 is 0.462 bits per heavy atom. The maximum atomic E-state index is 2.89. The minimum absolute atomic E-state index is 0. The smallest absolute Gasteiger partial charge is 0.184 e. The molecule has 0 amide bonds. The first kappa shape index (κ1) is 12.9. The van der Waals surface area contributed by atoms with Crippen LogP contribution >= 0.6 is 0 Å². The van der Waals surface area contributed by atoms with Crippen LogP contribution in [0.5, 0.6) is 0 Å². The van der Waals surface area contributed by atoms with E-state index in [4.69, 9.17) is 0 Å². The summed E-state index contributed by atoms with van der Waals surface area (Å²) in [5, 5.41) is 0. The van der Waals surface area contributed by atoms with Crippen LogP contribution in [0.2, 0.25) is 0 Å². The molecule has 0 aromatic heterocycles. The predicted octanol–water partition coefficient (Wildman–Crippen LogP) is 2.59. The molecule has 2 rings (SSSR count). The molecule has 0 radical (unpaired) electrons. The molecule has 0 heterocycles. The zero-order valence-corrected chi connectivity index (χ0v) is 11.0. The van der Waals surface area contributed by atoms with Crippen LogP contribution in [0.3, 0.4) is 0 Å². The van der Waals surface area contributed by atoms with Crippen molar-refractivity contribution in [2.24, 2.45) is 0 Å². The van der Waals surface area contributed by atoms with Gasteiger partial charge in [-0.05, 0) is 0 Å². The molecule has 0 unspecified atom stereocenters. The fourth-order valence-corrected chi connectivity index (χ4v) is 0.684. The molecule has 13 heavy (non-hydrogen) atoms. The number of rotatable bonds is 0. The average molecular weight is 242 g/mol. The van der Waals surface area contributed by atoms with E-state index in [9.17, 15) is 0 Å². The third-order valence-corrected chi connectivity index (χ3v) is 1.21. The Morgan fingerprint density at radius 3 is 0.846 bits per heavy atom. The number of hydrogen-bond donors (Lipinski definition) is 0. The second kappa shape index (κ2) is 10.0. The molecule has 0 spiro atoms. The normalized spacial score (nSPS) is 7.38. The second-order valence-electron chi connectivity index (χ2n) is 2.15. The van der Waals surface area contributed by atoms with Gasteiger partial charge in [0.25, 0.3) is 0 Å². The van der Waals surface area contributed by atoms with Crippen LogP contribution in [-0.2, 0) is 0 Å². The molecular weight excluding hydrogens is 232 g/mol. The molecule has 0 N–H and O–H groups in total. The largest absolute Gasteiger partial charge is 2.00 e. The van der Waals surface area contributed by atoms with Crippen LogP contribution in [-0.4, -0.2) is 45.5 Å². The van der Waals surface area contributed by atoms with E-state index in [0.717, 1.165) is 0 Å². The van der Waals surface area contributed by atoms with Crippen LogP contribution in [0, 0.1) is 12.1 Å². The zero-order valence-electron chi connectivity index (χ0n) is 7.48. The Hall–Kier alpha value is -0.0795. The standard InChI is InChI=1S/2C6H5.Sr/c2*1-2-4-6-5-3-1;/h2*1-5H;/q2*-1;+2. The maximum absolute atomic E-state index is 2.89. The van der Waals surface area contributed by atoms with E-state index in [2.05, 4.69) is 12.1 Å². The molecule has 0 aliphatic rings. The van der Waals surface area contributed by atoms with E-state index < -0.39 is 0 Å². The van der Waals surface area contributed by atoms with Crippen molar-refractivity contribution in [1.29, 1.82) is 0 Å². The van der Waals surface area contributed by atoms with Gasteiger partial charge in [0, 0.05) is 0 Å². The van der Waals surface area contributed by atoms with Gasteiger partial charge < -0.3 is 0 Å². The van der Waals surface area contributed by atoms with Gasteiger partial charge in [0.05, 0.1) is 0 Å². The molecule has 0 aliphatic carbocycles. The van der Waals surface area contributed by atoms with Crippen molar-refractivity contribution in [2.75, 3.05) is 0 Å². The fourth-order valence-electron chi connectivity index (χ4n) is 0.684. The van der Waals surface area contributed by atoms with Crippen LogP contribution < -0.4 is 0 Å². The van der Waals surface area contributed by atoms with Crippen LogP contribution in [0.25, 0.3) is 0 Å². The molecule has 0 saturated heterocycles. The van der Waals surface area contributed by atoms with Crippen molar-refractivity contribution in [1.82, 2.24) is 0 Å². The summed E-state index contributed by atoms with van der Waals surface area (Å²) >= 11 is 0. The molecule has 0 fully saturated rings. The fraction of sp³-hybridized carbons (Fsp3) is 0. The Balaban J connectivity index is 0.000000206. The molecular formula is C12H10Sr. The van der Waals surface area contributed by atoms with Gasteiger partial charge in [-0.1, -0.05) is 0 Å². The van der Waals surface area contributed by atoms with Gasteiger partial charge in [0.2, 0.25) is 0 Å². The van der Waals surface area contributed by atoms with Crippen molar-refractivity contribution >= 4 is 45.5 Å². The first-order valence-electron chi connectivity index (χ1n) is 3.82. The summed E-state index contributed by atoms with van der Waals surface area (Å²) in [5.41, 5.74) is 0. The van der Waals surface area contributed by atoms with Gasteiger partial charge >= 0.3 is 45.5 Å². The summed E-state index contributed by atoms with van der Waals surface area (Å²) in [4.78, 5) is 0. The number of benzene rings is 2. The van der Waals surface area contributed by atoms with Crippen molar-refractivity contribution in [3.8, 4) is 0 Å². The second-order valence-corrected chi connectivity index (χ2v) is 2.15. The van der Waals surface area contributed by atoms with Crippen molar-refractivity contribution < 1.29 is 0 Å². The first-order valence-corrected chi connectivity index (χ1v) is 3.82. The first-order chi connectivity index (χ1) is 6.00. The van der Waals surface area contributed by atoms with Gasteiger partial charge in [-0.2, -0.15) is 72.8 Å². The molecule has 2 aromatic rings. The molecule has 0 saturated carbocycles.